The van der Waals surface area contributed by atoms with Crippen LogP contribution in [0.1, 0.15) is 0 Å². The maximum absolute atomic E-state index is 10.7. The Bertz CT molecular complexity index is 496. The summed E-state index contributed by atoms with van der Waals surface area (Å²) in [4.78, 5) is -1.69. The average Bonchev–Trinajstić information content (AvgIpc) is 2.01. The van der Waals surface area contributed by atoms with Gasteiger partial charge in [0.1, 0.15) is 9.79 Å². The van der Waals surface area contributed by atoms with Gasteiger partial charge in [-0.2, -0.15) is 16.8 Å². The van der Waals surface area contributed by atoms with Gasteiger partial charge in [0, 0.05) is 0 Å². The molecule has 0 unspecified atom stereocenters. The van der Waals surface area contributed by atoms with Crippen molar-refractivity contribution in [2.75, 3.05) is 0 Å². The zero-order valence-corrected chi connectivity index (χ0v) is 9.74. The fourth-order valence-corrected chi connectivity index (χ4v) is 2.65. The molecule has 0 aliphatic heterocycles. The number of hydrogen-bond donors (Lipinski definition) is 2. The number of benzene rings is 1. The van der Waals surface area contributed by atoms with Crippen molar-refractivity contribution >= 4 is 20.2 Å². The van der Waals surface area contributed by atoms with E-state index in [2.05, 4.69) is 0 Å². The molecule has 0 saturated heterocycles. The van der Waals surface area contributed by atoms with Gasteiger partial charge in [0.15, 0.2) is 0 Å². The number of rotatable bonds is 2. The standard InChI is InChI=1S/C6H6O6S2.Fe/c7-13(8,9)5-3-1-2-4-6(5)14(10,11)12;/h1-4H,(H,7,8,9)(H,10,11,12);/q;+3. The van der Waals surface area contributed by atoms with Crippen LogP contribution in [0.5, 0.6) is 0 Å². The summed E-state index contributed by atoms with van der Waals surface area (Å²) >= 11 is 0. The third kappa shape index (κ3) is 3.56. The molecule has 1 radical (unpaired) electrons. The molecular formula is C6H6FeO6S2+3. The van der Waals surface area contributed by atoms with E-state index in [1.165, 1.54) is 12.1 Å². The van der Waals surface area contributed by atoms with Gasteiger partial charge >= 0.3 is 17.1 Å². The van der Waals surface area contributed by atoms with Crippen LogP contribution in [0.25, 0.3) is 0 Å². The first-order valence-electron chi connectivity index (χ1n) is 3.27. The summed E-state index contributed by atoms with van der Waals surface area (Å²) in [6, 6.07) is 4.19. The van der Waals surface area contributed by atoms with Crippen molar-refractivity contribution in [1.29, 1.82) is 0 Å². The summed E-state index contributed by atoms with van der Waals surface area (Å²) < 4.78 is 60.0. The third-order valence-electron chi connectivity index (χ3n) is 1.40. The Kier molecular flexibility index (Phi) is 4.47. The molecule has 1 aromatic carbocycles. The molecule has 15 heavy (non-hydrogen) atoms. The first-order valence-corrected chi connectivity index (χ1v) is 6.15. The smallest absolute Gasteiger partial charge is 0.282 e. The minimum Gasteiger partial charge on any atom is -0.282 e. The Morgan fingerprint density at radius 1 is 0.800 bits per heavy atom. The molecule has 2 N–H and O–H groups in total. The third-order valence-corrected chi connectivity index (χ3v) is 3.36. The molecule has 6 nitrogen and oxygen atoms in total. The summed E-state index contributed by atoms with van der Waals surface area (Å²) in [6.07, 6.45) is 0. The van der Waals surface area contributed by atoms with Crippen molar-refractivity contribution in [2.45, 2.75) is 9.79 Å². The van der Waals surface area contributed by atoms with E-state index >= 15 is 0 Å². The van der Waals surface area contributed by atoms with E-state index in [4.69, 9.17) is 9.11 Å². The molecule has 0 spiro atoms. The van der Waals surface area contributed by atoms with Crippen LogP contribution in [0.4, 0.5) is 0 Å². The molecule has 0 aliphatic rings. The first-order chi connectivity index (χ1) is 6.23. The van der Waals surface area contributed by atoms with E-state index in [1.54, 1.807) is 0 Å². The van der Waals surface area contributed by atoms with Gasteiger partial charge in [-0.15, -0.1) is 0 Å². The van der Waals surface area contributed by atoms with Crippen molar-refractivity contribution in [1.82, 2.24) is 0 Å². The van der Waals surface area contributed by atoms with Crippen molar-refractivity contribution in [3.63, 3.8) is 0 Å². The van der Waals surface area contributed by atoms with Crippen molar-refractivity contribution in [3.05, 3.63) is 24.3 Å². The molecule has 0 aliphatic carbocycles. The molecular weight excluding hydrogens is 288 g/mol. The van der Waals surface area contributed by atoms with Crippen molar-refractivity contribution in [3.8, 4) is 0 Å². The van der Waals surface area contributed by atoms with Crippen LogP contribution in [0.3, 0.4) is 0 Å². The van der Waals surface area contributed by atoms with E-state index in [0.717, 1.165) is 12.1 Å². The maximum Gasteiger partial charge on any atom is 3.00 e. The Balaban J connectivity index is 0.00000196. The molecule has 1 rings (SSSR count). The van der Waals surface area contributed by atoms with E-state index in [0.29, 0.717) is 0 Å². The first kappa shape index (κ1) is 14.6. The van der Waals surface area contributed by atoms with Gasteiger partial charge in [0.25, 0.3) is 20.2 Å². The van der Waals surface area contributed by atoms with Crippen LogP contribution < -0.4 is 0 Å². The molecule has 1 aromatic rings. The summed E-state index contributed by atoms with van der Waals surface area (Å²) in [6.45, 7) is 0. The van der Waals surface area contributed by atoms with Gasteiger partial charge in [-0.25, -0.2) is 0 Å². The minimum atomic E-state index is -4.66. The second-order valence-electron chi connectivity index (χ2n) is 2.40. The topological polar surface area (TPSA) is 109 Å². The number of hydrogen-bond acceptors (Lipinski definition) is 4. The zero-order chi connectivity index (χ0) is 11.0. The van der Waals surface area contributed by atoms with Crippen LogP contribution >= 0.6 is 0 Å². The summed E-state index contributed by atoms with van der Waals surface area (Å²) in [5.41, 5.74) is 0. The van der Waals surface area contributed by atoms with Gasteiger partial charge in [-0.1, -0.05) is 12.1 Å². The minimum absolute atomic E-state index is 0. The molecule has 0 amide bonds. The maximum atomic E-state index is 10.7. The largest absolute Gasteiger partial charge is 3.00 e. The quantitative estimate of drug-likeness (QED) is 0.595. The summed E-state index contributed by atoms with van der Waals surface area (Å²) in [5.74, 6) is 0. The Morgan fingerprint density at radius 2 is 1.07 bits per heavy atom. The predicted octanol–water partition coefficient (Wildman–Crippen LogP) is 0.178. The Labute approximate surface area is 97.3 Å². The van der Waals surface area contributed by atoms with E-state index in [1.807, 2.05) is 0 Å². The molecule has 0 fully saturated rings. The van der Waals surface area contributed by atoms with Gasteiger partial charge in [-0.3, -0.25) is 9.11 Å². The molecule has 9 heteroatoms. The zero-order valence-electron chi connectivity index (χ0n) is 7.01. The van der Waals surface area contributed by atoms with Crippen LogP contribution in [0.15, 0.2) is 34.1 Å². The Hall–Kier alpha value is -0.441. The molecule has 0 heterocycles. The van der Waals surface area contributed by atoms with Gasteiger partial charge < -0.3 is 0 Å². The second-order valence-corrected chi connectivity index (χ2v) is 5.18. The summed E-state index contributed by atoms with van der Waals surface area (Å²) in [7, 11) is -9.31. The predicted molar refractivity (Wildman–Crippen MR) is 46.1 cm³/mol. The Morgan fingerprint density at radius 3 is 1.27 bits per heavy atom. The molecule has 0 bridgehead atoms. The van der Waals surface area contributed by atoms with Crippen LogP contribution in [-0.4, -0.2) is 25.9 Å². The normalized spacial score (nSPS) is 11.9. The second kappa shape index (κ2) is 4.60. The van der Waals surface area contributed by atoms with Crippen molar-refractivity contribution in [2.24, 2.45) is 0 Å². The van der Waals surface area contributed by atoms with Gasteiger partial charge in [-0.05, 0) is 12.1 Å². The van der Waals surface area contributed by atoms with Crippen LogP contribution in [-0.2, 0) is 37.3 Å². The van der Waals surface area contributed by atoms with Crippen LogP contribution in [0, 0.1) is 0 Å². The fourth-order valence-electron chi connectivity index (χ4n) is 0.876. The SMILES string of the molecule is O=S(=O)(O)c1ccccc1S(=O)(=O)O.[Fe+3]. The molecule has 0 aromatic heterocycles. The van der Waals surface area contributed by atoms with E-state index in [-0.39, 0.29) is 17.1 Å². The average molecular weight is 294 g/mol. The van der Waals surface area contributed by atoms with Crippen molar-refractivity contribution < 1.29 is 43.0 Å². The molecule has 83 valence electrons. The van der Waals surface area contributed by atoms with E-state index < -0.39 is 30.0 Å². The molecule has 0 atom stereocenters. The fraction of sp³-hybridized carbons (Fsp3) is 0. The van der Waals surface area contributed by atoms with Gasteiger partial charge in [0.05, 0.1) is 0 Å². The summed E-state index contributed by atoms with van der Waals surface area (Å²) in [5, 5.41) is 0. The van der Waals surface area contributed by atoms with E-state index in [9.17, 15) is 16.8 Å². The van der Waals surface area contributed by atoms with Crippen LogP contribution in [0.2, 0.25) is 0 Å². The molecule has 0 saturated carbocycles. The monoisotopic (exact) mass is 294 g/mol. The van der Waals surface area contributed by atoms with Gasteiger partial charge in [0.2, 0.25) is 0 Å².